The van der Waals surface area contributed by atoms with Crippen LogP contribution >= 0.6 is 11.6 Å². The quantitative estimate of drug-likeness (QED) is 0.667. The lowest BCUT2D eigenvalue weighted by Crippen LogP contribution is -2.53. The van der Waals surface area contributed by atoms with Crippen molar-refractivity contribution in [2.45, 2.75) is 45.8 Å². The fraction of sp³-hybridized carbons (Fsp3) is 0.450. The van der Waals surface area contributed by atoms with Crippen LogP contribution in [0.3, 0.4) is 0 Å². The number of carbonyl (C=O) groups is 2. The molecule has 0 bridgehead atoms. The predicted octanol–water partition coefficient (Wildman–Crippen LogP) is 4.22. The van der Waals surface area contributed by atoms with E-state index in [1.165, 1.54) is 4.90 Å². The minimum absolute atomic E-state index is 0.192. The number of anilines is 1. The minimum Gasteiger partial charge on any atom is -0.455 e. The Kier molecular flexibility index (Phi) is 4.70. The molecule has 0 aliphatic carbocycles. The highest BCUT2D eigenvalue weighted by atomic mass is 35.5. The highest BCUT2D eigenvalue weighted by Crippen LogP contribution is 2.45. The second-order valence-electron chi connectivity index (χ2n) is 8.52. The van der Waals surface area contributed by atoms with Crippen LogP contribution in [0.2, 0.25) is 5.02 Å². The number of imidazole rings is 1. The topological polar surface area (TPSA) is 67.7 Å². The zero-order chi connectivity index (χ0) is 21.0. The van der Waals surface area contributed by atoms with Gasteiger partial charge in [-0.15, -0.1) is 0 Å². The van der Waals surface area contributed by atoms with Crippen LogP contribution in [0.15, 0.2) is 24.5 Å². The second kappa shape index (κ2) is 6.51. The van der Waals surface area contributed by atoms with Crippen LogP contribution < -0.4 is 4.90 Å². The Balaban J connectivity index is 2.26. The van der Waals surface area contributed by atoms with Crippen LogP contribution in [0.4, 0.5) is 10.5 Å². The van der Waals surface area contributed by atoms with E-state index >= 15 is 0 Å². The Morgan fingerprint density at radius 1 is 1.18 bits per heavy atom. The number of aromatic nitrogens is 2. The number of ether oxygens (including phenoxy) is 1. The van der Waals surface area contributed by atoms with Crippen LogP contribution in [-0.2, 0) is 10.3 Å². The number of carbonyl (C=O) groups excluding carboxylic acids is 2. The fourth-order valence-corrected chi connectivity index (χ4v) is 3.59. The van der Waals surface area contributed by atoms with E-state index in [0.29, 0.717) is 16.4 Å². The monoisotopic (exact) mass is 404 g/mol. The molecule has 3 rings (SSSR count). The summed E-state index contributed by atoms with van der Waals surface area (Å²) in [5.74, 6) is -0.524. The number of hydrogen-bond acceptors (Lipinski definition) is 4. The zero-order valence-electron chi connectivity index (χ0n) is 17.2. The van der Waals surface area contributed by atoms with Gasteiger partial charge in [-0.2, -0.15) is 0 Å². The lowest BCUT2D eigenvalue weighted by molar-refractivity contribution is 0.00601. The molecule has 7 nitrogen and oxygen atoms in total. The Hall–Kier alpha value is -2.54. The van der Waals surface area contributed by atoms with Gasteiger partial charge in [0.15, 0.2) is 5.69 Å². The first-order chi connectivity index (χ1) is 12.8. The Morgan fingerprint density at radius 2 is 1.82 bits per heavy atom. The second-order valence-corrected chi connectivity index (χ2v) is 8.95. The van der Waals surface area contributed by atoms with Crippen LogP contribution in [-0.4, -0.2) is 46.1 Å². The van der Waals surface area contributed by atoms with Crippen LogP contribution in [0.5, 0.6) is 0 Å². The van der Waals surface area contributed by atoms with Gasteiger partial charge >= 0.3 is 12.0 Å². The number of amides is 2. The molecule has 0 fully saturated rings. The van der Waals surface area contributed by atoms with Gasteiger partial charge in [0, 0.05) is 19.1 Å². The van der Waals surface area contributed by atoms with Crippen molar-refractivity contribution in [2.24, 2.45) is 0 Å². The number of hydrogen-bond donors (Lipinski definition) is 0. The van der Waals surface area contributed by atoms with Crippen LogP contribution in [0.25, 0.3) is 5.69 Å². The predicted molar refractivity (Wildman–Crippen MR) is 108 cm³/mol. The summed E-state index contributed by atoms with van der Waals surface area (Å²) in [6.07, 6.45) is 1.58. The molecule has 2 amide bonds. The van der Waals surface area contributed by atoms with Gasteiger partial charge in [0.1, 0.15) is 11.9 Å². The van der Waals surface area contributed by atoms with Gasteiger partial charge in [-0.3, -0.25) is 9.47 Å². The van der Waals surface area contributed by atoms with Crippen LogP contribution in [0.1, 0.15) is 50.8 Å². The molecule has 0 saturated heterocycles. The summed E-state index contributed by atoms with van der Waals surface area (Å²) < 4.78 is 7.37. The number of nitrogens with zero attached hydrogens (tertiary/aromatic N) is 4. The van der Waals surface area contributed by atoms with Gasteiger partial charge in [-0.1, -0.05) is 11.6 Å². The van der Waals surface area contributed by atoms with Crippen molar-refractivity contribution in [3.63, 3.8) is 0 Å². The average Bonchev–Trinajstić information content (AvgIpc) is 2.99. The van der Waals surface area contributed by atoms with Crippen molar-refractivity contribution in [3.05, 3.63) is 40.9 Å². The number of fused-ring (bicyclic) bond motifs is 3. The molecule has 2 aromatic rings. The molecule has 2 heterocycles. The van der Waals surface area contributed by atoms with Gasteiger partial charge in [0.05, 0.1) is 22.6 Å². The fourth-order valence-electron chi connectivity index (χ4n) is 3.42. The normalized spacial score (nSPS) is 14.9. The van der Waals surface area contributed by atoms with Crippen molar-refractivity contribution < 1.29 is 14.3 Å². The third-order valence-corrected chi connectivity index (χ3v) is 4.75. The molecule has 1 aliphatic heterocycles. The summed E-state index contributed by atoms with van der Waals surface area (Å²) in [7, 11) is 3.37. The Bertz CT molecular complexity index is 957. The largest absolute Gasteiger partial charge is 0.455 e. The standard InChI is InChI=1S/C20H25ClN4O3/c1-19(2,3)28-17(26)15-16-20(4,5)25(18(27)23(6)7)14-10-12(21)8-9-13(14)24(16)11-22-15/h8-11H,1-7H3. The molecule has 150 valence electrons. The van der Waals surface area contributed by atoms with Crippen LogP contribution in [0, 0.1) is 0 Å². The van der Waals surface area contributed by atoms with E-state index in [-0.39, 0.29) is 11.7 Å². The van der Waals surface area contributed by atoms with Gasteiger partial charge in [0.2, 0.25) is 0 Å². The number of esters is 1. The van der Waals surface area contributed by atoms with Gasteiger partial charge in [0.25, 0.3) is 0 Å². The zero-order valence-corrected chi connectivity index (χ0v) is 18.0. The average molecular weight is 405 g/mol. The summed E-state index contributed by atoms with van der Waals surface area (Å²) in [5.41, 5.74) is 0.621. The minimum atomic E-state index is -0.873. The first-order valence-electron chi connectivity index (χ1n) is 8.97. The summed E-state index contributed by atoms with van der Waals surface area (Å²) in [4.78, 5) is 33.4. The van der Waals surface area contributed by atoms with E-state index < -0.39 is 17.1 Å². The maximum Gasteiger partial charge on any atom is 0.359 e. The molecule has 0 N–H and O–H groups in total. The molecule has 0 unspecified atom stereocenters. The van der Waals surface area contributed by atoms with E-state index in [9.17, 15) is 9.59 Å². The molecule has 0 radical (unpaired) electrons. The molecule has 8 heteroatoms. The Labute approximate surface area is 169 Å². The van der Waals surface area contributed by atoms with Gasteiger partial charge in [-0.05, 0) is 52.8 Å². The molecule has 0 spiro atoms. The summed E-state index contributed by atoms with van der Waals surface area (Å²) in [6.45, 7) is 9.16. The number of benzene rings is 1. The highest BCUT2D eigenvalue weighted by molar-refractivity contribution is 6.31. The van der Waals surface area contributed by atoms with Crippen molar-refractivity contribution in [1.82, 2.24) is 14.5 Å². The van der Waals surface area contributed by atoms with E-state index in [4.69, 9.17) is 16.3 Å². The molecular weight excluding hydrogens is 380 g/mol. The summed E-state index contributed by atoms with van der Waals surface area (Å²) in [6, 6.07) is 5.08. The first-order valence-corrected chi connectivity index (χ1v) is 9.35. The molecule has 0 atom stereocenters. The molecule has 1 aromatic carbocycles. The first kappa shape index (κ1) is 20.2. The summed E-state index contributed by atoms with van der Waals surface area (Å²) in [5, 5.41) is 0.516. The van der Waals surface area contributed by atoms with Crippen molar-refractivity contribution in [2.75, 3.05) is 19.0 Å². The van der Waals surface area contributed by atoms with Crippen molar-refractivity contribution in [3.8, 4) is 5.69 Å². The molecule has 0 saturated carbocycles. The van der Waals surface area contributed by atoms with Gasteiger partial charge in [-0.25, -0.2) is 14.6 Å². The van der Waals surface area contributed by atoms with Crippen molar-refractivity contribution in [1.29, 1.82) is 0 Å². The molecule has 1 aliphatic rings. The molecule has 28 heavy (non-hydrogen) atoms. The third kappa shape index (κ3) is 3.24. The maximum absolute atomic E-state index is 13.1. The number of urea groups is 1. The Morgan fingerprint density at radius 3 is 2.39 bits per heavy atom. The number of rotatable bonds is 1. The lowest BCUT2D eigenvalue weighted by Gasteiger charge is -2.44. The number of halogens is 1. The van der Waals surface area contributed by atoms with E-state index in [1.54, 1.807) is 58.2 Å². The molecular formula is C20H25ClN4O3. The third-order valence-electron chi connectivity index (χ3n) is 4.51. The van der Waals surface area contributed by atoms with Gasteiger partial charge < -0.3 is 9.64 Å². The highest BCUT2D eigenvalue weighted by Gasteiger charge is 2.46. The smallest absolute Gasteiger partial charge is 0.359 e. The van der Waals surface area contributed by atoms with E-state index in [0.717, 1.165) is 5.69 Å². The van der Waals surface area contributed by atoms with E-state index in [1.807, 2.05) is 24.5 Å². The maximum atomic E-state index is 13.1. The lowest BCUT2D eigenvalue weighted by atomic mass is 9.92. The van der Waals surface area contributed by atoms with Crippen molar-refractivity contribution >= 4 is 29.3 Å². The van der Waals surface area contributed by atoms with E-state index in [2.05, 4.69) is 4.98 Å². The summed E-state index contributed by atoms with van der Waals surface area (Å²) >= 11 is 6.22. The SMILES string of the molecule is CN(C)C(=O)N1c2cc(Cl)ccc2-n2cnc(C(=O)OC(C)(C)C)c2C1(C)C. The molecule has 1 aromatic heterocycles.